The lowest BCUT2D eigenvalue weighted by Crippen LogP contribution is -2.49. The summed E-state index contributed by atoms with van der Waals surface area (Å²) in [6.07, 6.45) is 0. The Labute approximate surface area is 157 Å². The van der Waals surface area contributed by atoms with Crippen LogP contribution in [0.4, 0.5) is 10.2 Å². The molecule has 1 aromatic heterocycles. The van der Waals surface area contributed by atoms with Gasteiger partial charge in [-0.3, -0.25) is 4.79 Å². The molecular weight excluding hydrogens is 343 g/mol. The molecule has 0 atom stereocenters. The third-order valence-corrected chi connectivity index (χ3v) is 4.70. The zero-order chi connectivity index (χ0) is 18.6. The van der Waals surface area contributed by atoms with E-state index in [1.807, 2.05) is 47.4 Å². The van der Waals surface area contributed by atoms with E-state index in [1.165, 1.54) is 12.1 Å². The van der Waals surface area contributed by atoms with Crippen molar-refractivity contribution in [2.45, 2.75) is 0 Å². The number of hydrogen-bond acceptors (Lipinski definition) is 4. The summed E-state index contributed by atoms with van der Waals surface area (Å²) in [5.41, 5.74) is 2.25. The minimum Gasteiger partial charge on any atom is -0.352 e. The molecule has 1 saturated heterocycles. The molecule has 0 bridgehead atoms. The van der Waals surface area contributed by atoms with Crippen LogP contribution in [-0.4, -0.2) is 47.2 Å². The highest BCUT2D eigenvalue weighted by Crippen LogP contribution is 2.20. The van der Waals surface area contributed by atoms with E-state index in [0.717, 1.165) is 16.9 Å². The minimum atomic E-state index is -0.272. The second kappa shape index (κ2) is 7.53. The first-order chi connectivity index (χ1) is 13.2. The van der Waals surface area contributed by atoms with Crippen molar-refractivity contribution >= 4 is 11.7 Å². The third kappa shape index (κ3) is 3.79. The molecule has 2 aromatic carbocycles. The zero-order valence-corrected chi connectivity index (χ0v) is 14.8. The van der Waals surface area contributed by atoms with Gasteiger partial charge in [-0.2, -0.15) is 0 Å². The van der Waals surface area contributed by atoms with E-state index in [2.05, 4.69) is 15.1 Å². The summed E-state index contributed by atoms with van der Waals surface area (Å²) in [7, 11) is 0. The molecule has 0 unspecified atom stereocenters. The van der Waals surface area contributed by atoms with Crippen LogP contribution in [0.25, 0.3) is 11.3 Å². The van der Waals surface area contributed by atoms with Crippen LogP contribution >= 0.6 is 0 Å². The molecule has 1 aliphatic heterocycles. The Balaban J connectivity index is 1.39. The van der Waals surface area contributed by atoms with Gasteiger partial charge < -0.3 is 9.80 Å². The number of carbonyl (C=O) groups excluding carboxylic acids is 1. The molecule has 6 heteroatoms. The fourth-order valence-corrected chi connectivity index (χ4v) is 3.17. The molecular formula is C21H19FN4O. The van der Waals surface area contributed by atoms with Crippen LogP contribution in [0.3, 0.4) is 0 Å². The fourth-order valence-electron chi connectivity index (χ4n) is 3.17. The van der Waals surface area contributed by atoms with Gasteiger partial charge in [0.1, 0.15) is 5.82 Å². The molecule has 27 heavy (non-hydrogen) atoms. The Morgan fingerprint density at radius 1 is 0.815 bits per heavy atom. The van der Waals surface area contributed by atoms with Crippen LogP contribution < -0.4 is 4.90 Å². The smallest absolute Gasteiger partial charge is 0.253 e. The zero-order valence-electron chi connectivity index (χ0n) is 14.8. The van der Waals surface area contributed by atoms with Gasteiger partial charge in [0.2, 0.25) is 0 Å². The summed E-state index contributed by atoms with van der Waals surface area (Å²) < 4.78 is 13.0. The highest BCUT2D eigenvalue weighted by molar-refractivity contribution is 5.94. The normalized spacial score (nSPS) is 14.3. The molecule has 0 spiro atoms. The van der Waals surface area contributed by atoms with Crippen LogP contribution in [-0.2, 0) is 0 Å². The summed E-state index contributed by atoms with van der Waals surface area (Å²) in [5, 5.41) is 8.57. The molecule has 1 aliphatic rings. The van der Waals surface area contributed by atoms with Gasteiger partial charge in [-0.25, -0.2) is 4.39 Å². The van der Waals surface area contributed by atoms with Crippen molar-refractivity contribution in [2.75, 3.05) is 31.1 Å². The van der Waals surface area contributed by atoms with E-state index >= 15 is 0 Å². The van der Waals surface area contributed by atoms with Gasteiger partial charge in [-0.1, -0.05) is 18.2 Å². The lowest BCUT2D eigenvalue weighted by Gasteiger charge is -2.35. The largest absolute Gasteiger partial charge is 0.352 e. The molecule has 4 rings (SSSR count). The van der Waals surface area contributed by atoms with Crippen molar-refractivity contribution in [1.29, 1.82) is 0 Å². The average molecular weight is 362 g/mol. The fraction of sp³-hybridized carbons (Fsp3) is 0.190. The first kappa shape index (κ1) is 17.1. The summed E-state index contributed by atoms with van der Waals surface area (Å²) in [5.74, 6) is 0.576. The number of halogens is 1. The van der Waals surface area contributed by atoms with Gasteiger partial charge in [-0.05, 0) is 48.5 Å². The summed E-state index contributed by atoms with van der Waals surface area (Å²) in [6, 6.07) is 19.3. The van der Waals surface area contributed by atoms with Crippen molar-refractivity contribution in [3.8, 4) is 11.3 Å². The SMILES string of the molecule is O=C(c1ccccc1)N1CCN(c2ccc(-c3ccc(F)cc3)nn2)CC1. The van der Waals surface area contributed by atoms with E-state index in [9.17, 15) is 9.18 Å². The molecule has 0 N–H and O–H groups in total. The highest BCUT2D eigenvalue weighted by Gasteiger charge is 2.22. The predicted molar refractivity (Wildman–Crippen MR) is 102 cm³/mol. The lowest BCUT2D eigenvalue weighted by atomic mass is 10.1. The minimum absolute atomic E-state index is 0.0630. The van der Waals surface area contributed by atoms with Crippen molar-refractivity contribution < 1.29 is 9.18 Å². The Hall–Kier alpha value is -3.28. The van der Waals surface area contributed by atoms with Crippen LogP contribution in [0, 0.1) is 5.82 Å². The Morgan fingerprint density at radius 3 is 2.15 bits per heavy atom. The maximum Gasteiger partial charge on any atom is 0.253 e. The molecule has 136 valence electrons. The van der Waals surface area contributed by atoms with Gasteiger partial charge in [0, 0.05) is 37.3 Å². The third-order valence-electron chi connectivity index (χ3n) is 4.70. The number of anilines is 1. The van der Waals surface area contributed by atoms with Crippen molar-refractivity contribution in [2.24, 2.45) is 0 Å². The van der Waals surface area contributed by atoms with Crippen LogP contribution in [0.5, 0.6) is 0 Å². The van der Waals surface area contributed by atoms with Crippen molar-refractivity contribution in [3.05, 3.63) is 78.1 Å². The van der Waals surface area contributed by atoms with Gasteiger partial charge in [0.15, 0.2) is 5.82 Å². The molecule has 3 aromatic rings. The molecule has 5 nitrogen and oxygen atoms in total. The summed E-state index contributed by atoms with van der Waals surface area (Å²) >= 11 is 0. The monoisotopic (exact) mass is 362 g/mol. The summed E-state index contributed by atoms with van der Waals surface area (Å²) in [4.78, 5) is 16.5. The summed E-state index contributed by atoms with van der Waals surface area (Å²) in [6.45, 7) is 2.72. The average Bonchev–Trinajstić information content (AvgIpc) is 2.75. The van der Waals surface area contributed by atoms with Crippen LogP contribution in [0.2, 0.25) is 0 Å². The number of nitrogens with zero attached hydrogens (tertiary/aromatic N) is 4. The second-order valence-corrected chi connectivity index (χ2v) is 6.43. The maximum atomic E-state index is 13.0. The van der Waals surface area contributed by atoms with E-state index < -0.39 is 0 Å². The maximum absolute atomic E-state index is 13.0. The number of amides is 1. The lowest BCUT2D eigenvalue weighted by molar-refractivity contribution is 0.0746. The second-order valence-electron chi connectivity index (χ2n) is 6.43. The number of aromatic nitrogens is 2. The van der Waals surface area contributed by atoms with Crippen LogP contribution in [0.1, 0.15) is 10.4 Å². The predicted octanol–water partition coefficient (Wildman–Crippen LogP) is 3.25. The number of piperazine rings is 1. The Kier molecular flexibility index (Phi) is 4.78. The van der Waals surface area contributed by atoms with Gasteiger partial charge in [0.25, 0.3) is 5.91 Å². The number of hydrogen-bond donors (Lipinski definition) is 0. The molecule has 1 fully saturated rings. The van der Waals surface area contributed by atoms with Gasteiger partial charge in [-0.15, -0.1) is 10.2 Å². The van der Waals surface area contributed by atoms with Crippen molar-refractivity contribution in [3.63, 3.8) is 0 Å². The Bertz CT molecular complexity index is 905. The Morgan fingerprint density at radius 2 is 1.52 bits per heavy atom. The molecule has 2 heterocycles. The van der Waals surface area contributed by atoms with E-state index in [-0.39, 0.29) is 11.7 Å². The van der Waals surface area contributed by atoms with Crippen molar-refractivity contribution in [1.82, 2.24) is 15.1 Å². The van der Waals surface area contributed by atoms with E-state index in [0.29, 0.717) is 31.9 Å². The molecule has 0 saturated carbocycles. The topological polar surface area (TPSA) is 49.3 Å². The number of benzene rings is 2. The quantitative estimate of drug-likeness (QED) is 0.718. The van der Waals surface area contributed by atoms with E-state index in [4.69, 9.17) is 0 Å². The number of rotatable bonds is 3. The standard InChI is InChI=1S/C21H19FN4O/c22-18-8-6-16(7-9-18)19-10-11-20(24-23-19)25-12-14-26(15-13-25)21(27)17-4-2-1-3-5-17/h1-11H,12-15H2. The first-order valence-corrected chi connectivity index (χ1v) is 8.90. The molecule has 1 amide bonds. The highest BCUT2D eigenvalue weighted by atomic mass is 19.1. The number of carbonyl (C=O) groups is 1. The van der Waals surface area contributed by atoms with Gasteiger partial charge >= 0.3 is 0 Å². The van der Waals surface area contributed by atoms with Crippen LogP contribution in [0.15, 0.2) is 66.7 Å². The molecule has 0 radical (unpaired) electrons. The van der Waals surface area contributed by atoms with Gasteiger partial charge in [0.05, 0.1) is 5.69 Å². The first-order valence-electron chi connectivity index (χ1n) is 8.90. The molecule has 0 aliphatic carbocycles. The van der Waals surface area contributed by atoms with E-state index in [1.54, 1.807) is 12.1 Å².